The van der Waals surface area contributed by atoms with Crippen molar-refractivity contribution in [2.75, 3.05) is 23.7 Å². The second-order valence-corrected chi connectivity index (χ2v) is 11.5. The van der Waals surface area contributed by atoms with Crippen LogP contribution in [0.4, 0.5) is 10.8 Å². The molecule has 1 fully saturated rings. The summed E-state index contributed by atoms with van der Waals surface area (Å²) < 4.78 is 6.73. The zero-order chi connectivity index (χ0) is 24.3. The number of carbonyl (C=O) groups excluding carboxylic acids is 2. The smallest absolute Gasteiger partial charge is 0.266 e. The molecule has 10 heteroatoms. The summed E-state index contributed by atoms with van der Waals surface area (Å²) in [5, 5.41) is 3.61. The average molecular weight is 500 g/mol. The largest absolute Gasteiger partial charge is 0.444 e. The van der Waals surface area contributed by atoms with Gasteiger partial charge in [-0.05, 0) is 43.7 Å². The highest BCUT2D eigenvalue weighted by Crippen LogP contribution is 2.35. The predicted molar refractivity (Wildman–Crippen MR) is 135 cm³/mol. The number of thiazole rings is 1. The van der Waals surface area contributed by atoms with E-state index in [1.165, 1.54) is 28.0 Å². The Morgan fingerprint density at radius 1 is 1.24 bits per heavy atom. The number of amides is 2. The fourth-order valence-corrected chi connectivity index (χ4v) is 5.38. The summed E-state index contributed by atoms with van der Waals surface area (Å²) in [4.78, 5) is 36.9. The number of rotatable bonds is 6. The highest BCUT2D eigenvalue weighted by atomic mass is 32.2. The van der Waals surface area contributed by atoms with Crippen molar-refractivity contribution in [3.63, 3.8) is 0 Å². The molecule has 3 N–H and O–H groups in total. The molecule has 180 valence electrons. The van der Waals surface area contributed by atoms with Crippen LogP contribution in [0.5, 0.6) is 0 Å². The first-order valence-electron chi connectivity index (χ1n) is 11.2. The third kappa shape index (κ3) is 5.68. The number of benzene rings is 1. The molecular formula is C24H29N5O3S2. The van der Waals surface area contributed by atoms with Gasteiger partial charge in [-0.1, -0.05) is 32.1 Å². The topological polar surface area (TPSA) is 114 Å². The van der Waals surface area contributed by atoms with Crippen LogP contribution in [0, 0.1) is 5.92 Å². The number of nitrogens with two attached hydrogens (primary N) is 1. The average Bonchev–Trinajstić information content (AvgIpc) is 3.48. The molecule has 1 unspecified atom stereocenters. The molecule has 4 rings (SSSR count). The molecule has 8 nitrogen and oxygen atoms in total. The van der Waals surface area contributed by atoms with Gasteiger partial charge in [0.15, 0.2) is 5.13 Å². The number of hydrogen-bond acceptors (Lipinski definition) is 9. The lowest BCUT2D eigenvalue weighted by molar-refractivity contribution is -0.122. The van der Waals surface area contributed by atoms with E-state index in [-0.39, 0.29) is 17.2 Å². The number of nitrogens with one attached hydrogen (secondary N) is 1. The van der Waals surface area contributed by atoms with Crippen LogP contribution >= 0.6 is 23.1 Å². The van der Waals surface area contributed by atoms with Gasteiger partial charge in [-0.25, -0.2) is 14.9 Å². The second kappa shape index (κ2) is 10.3. The number of nitrogens with zero attached hydrogens (tertiary/aromatic N) is 3. The van der Waals surface area contributed by atoms with Crippen LogP contribution in [0.2, 0.25) is 0 Å². The fourth-order valence-electron chi connectivity index (χ4n) is 3.56. The van der Waals surface area contributed by atoms with E-state index in [9.17, 15) is 9.59 Å². The lowest BCUT2D eigenvalue weighted by Gasteiger charge is -2.27. The van der Waals surface area contributed by atoms with Crippen LogP contribution in [-0.2, 0) is 16.0 Å². The van der Waals surface area contributed by atoms with Crippen LogP contribution in [0.3, 0.4) is 0 Å². The molecule has 0 saturated carbocycles. The molecule has 1 saturated heterocycles. The van der Waals surface area contributed by atoms with E-state index in [0.717, 1.165) is 29.4 Å². The van der Waals surface area contributed by atoms with Gasteiger partial charge in [0.05, 0.1) is 28.3 Å². The van der Waals surface area contributed by atoms with E-state index in [0.29, 0.717) is 34.6 Å². The summed E-state index contributed by atoms with van der Waals surface area (Å²) in [7, 11) is 0. The van der Waals surface area contributed by atoms with Crippen molar-refractivity contribution in [1.82, 2.24) is 15.3 Å². The molecule has 3 heterocycles. The number of imide groups is 1. The van der Waals surface area contributed by atoms with Crippen LogP contribution in [0.25, 0.3) is 0 Å². The summed E-state index contributed by atoms with van der Waals surface area (Å²) >= 11 is 2.83. The number of piperidine rings is 1. The minimum Gasteiger partial charge on any atom is -0.444 e. The lowest BCUT2D eigenvalue weighted by Crippen LogP contribution is -2.46. The van der Waals surface area contributed by atoms with Crippen molar-refractivity contribution in [3.05, 3.63) is 53.9 Å². The summed E-state index contributed by atoms with van der Waals surface area (Å²) in [6, 6.07) is 6.58. The Balaban J connectivity index is 1.54. The number of carbonyl (C=O) groups is 2. The Morgan fingerprint density at radius 2 is 2.00 bits per heavy atom. The Morgan fingerprint density at radius 3 is 2.65 bits per heavy atom. The van der Waals surface area contributed by atoms with Gasteiger partial charge in [0.1, 0.15) is 5.76 Å². The lowest BCUT2D eigenvalue weighted by atomic mass is 9.94. The van der Waals surface area contributed by atoms with E-state index in [1.54, 1.807) is 36.7 Å². The zero-order valence-corrected chi connectivity index (χ0v) is 21.2. The second-order valence-electron chi connectivity index (χ2n) is 9.26. The molecule has 1 aliphatic rings. The minimum absolute atomic E-state index is 0.106. The Labute approximate surface area is 207 Å². The number of hydrogen-bond donors (Lipinski definition) is 2. The van der Waals surface area contributed by atoms with Gasteiger partial charge < -0.3 is 15.5 Å². The molecule has 1 atom stereocenters. The summed E-state index contributed by atoms with van der Waals surface area (Å²) in [6.45, 7) is 7.66. The molecule has 3 aromatic rings. The van der Waals surface area contributed by atoms with E-state index in [2.05, 4.69) is 36.1 Å². The van der Waals surface area contributed by atoms with Crippen molar-refractivity contribution in [3.8, 4) is 0 Å². The van der Waals surface area contributed by atoms with Crippen molar-refractivity contribution in [2.24, 2.45) is 5.92 Å². The first-order valence-corrected chi connectivity index (χ1v) is 13.0. The maximum atomic E-state index is 13.4. The summed E-state index contributed by atoms with van der Waals surface area (Å²) in [6.07, 6.45) is 5.09. The monoisotopic (exact) mass is 499 g/mol. The van der Waals surface area contributed by atoms with E-state index in [1.807, 2.05) is 0 Å². The first kappa shape index (κ1) is 24.4. The number of thioether (sulfide) groups is 1. The van der Waals surface area contributed by atoms with Gasteiger partial charge in [-0.3, -0.25) is 9.59 Å². The van der Waals surface area contributed by atoms with Crippen molar-refractivity contribution < 1.29 is 14.0 Å². The number of aromatic nitrogens is 2. The van der Waals surface area contributed by atoms with Gasteiger partial charge in [0.2, 0.25) is 11.8 Å². The Kier molecular flexibility index (Phi) is 7.39. The van der Waals surface area contributed by atoms with Gasteiger partial charge in [-0.15, -0.1) is 11.8 Å². The highest BCUT2D eigenvalue weighted by Gasteiger charge is 2.33. The third-order valence-electron chi connectivity index (χ3n) is 5.52. The number of anilines is 2. The Bertz CT molecular complexity index is 1140. The maximum absolute atomic E-state index is 13.4. The summed E-state index contributed by atoms with van der Waals surface area (Å²) in [5.41, 5.74) is 6.62. The first-order chi connectivity index (χ1) is 16.2. The van der Waals surface area contributed by atoms with Crippen molar-refractivity contribution in [1.29, 1.82) is 0 Å². The maximum Gasteiger partial charge on any atom is 0.266 e. The Hall–Kier alpha value is -2.69. The molecule has 0 bridgehead atoms. The number of nitrogen functional groups attached to an aromatic ring is 1. The van der Waals surface area contributed by atoms with E-state index < -0.39 is 5.91 Å². The quantitative estimate of drug-likeness (QED) is 0.290. The van der Waals surface area contributed by atoms with Gasteiger partial charge in [0, 0.05) is 23.2 Å². The van der Waals surface area contributed by atoms with E-state index in [4.69, 9.17) is 10.2 Å². The molecule has 0 radical (unpaired) electrons. The van der Waals surface area contributed by atoms with Crippen molar-refractivity contribution in [2.45, 2.75) is 49.0 Å². The third-order valence-corrected chi connectivity index (χ3v) is 7.68. The molecule has 2 amide bonds. The molecule has 0 spiro atoms. The highest BCUT2D eigenvalue weighted by molar-refractivity contribution is 8.00. The molecular weight excluding hydrogens is 470 g/mol. The van der Waals surface area contributed by atoms with Crippen molar-refractivity contribution >= 4 is 45.7 Å². The fraction of sp³-hybridized carbons (Fsp3) is 0.417. The summed E-state index contributed by atoms with van der Waals surface area (Å²) in [5.74, 6) is 1.09. The standard InChI is InChI=1S/C24H29N5O3S2/c1-24(2,3)18-12-27-19(32-18)14-33-20-13-28-23(34-20)29(22(31)16-5-4-10-26-11-16)21(30)15-6-8-17(25)9-7-15/h6-9,12-13,16,26H,4-5,10-11,14,25H2,1-3H3. The number of oxazole rings is 1. The van der Waals surface area contributed by atoms with Gasteiger partial charge in [0.25, 0.3) is 5.91 Å². The molecule has 34 heavy (non-hydrogen) atoms. The molecule has 1 aliphatic heterocycles. The molecule has 0 aliphatic carbocycles. The van der Waals surface area contributed by atoms with Crippen LogP contribution in [0.15, 0.2) is 45.3 Å². The van der Waals surface area contributed by atoms with Gasteiger partial charge in [-0.2, -0.15) is 0 Å². The normalized spacial score (nSPS) is 16.4. The van der Waals surface area contributed by atoms with Crippen LogP contribution < -0.4 is 16.0 Å². The SMILES string of the molecule is CC(C)(C)c1cnc(CSc2cnc(N(C(=O)c3ccc(N)cc3)C(=O)C3CCCNC3)s2)o1. The minimum atomic E-state index is -0.399. The van der Waals surface area contributed by atoms with E-state index >= 15 is 0 Å². The van der Waals surface area contributed by atoms with Crippen LogP contribution in [-0.4, -0.2) is 34.9 Å². The van der Waals surface area contributed by atoms with Gasteiger partial charge >= 0.3 is 0 Å². The predicted octanol–water partition coefficient (Wildman–Crippen LogP) is 4.48. The zero-order valence-electron chi connectivity index (χ0n) is 19.5. The molecule has 1 aromatic carbocycles. The molecule has 2 aromatic heterocycles. The van der Waals surface area contributed by atoms with Crippen LogP contribution in [0.1, 0.15) is 55.6 Å².